The van der Waals surface area contributed by atoms with Crippen molar-refractivity contribution in [1.82, 2.24) is 0 Å². The van der Waals surface area contributed by atoms with Crippen LogP contribution in [0.2, 0.25) is 0 Å². The van der Waals surface area contributed by atoms with Gasteiger partial charge in [0.2, 0.25) is 0 Å². The van der Waals surface area contributed by atoms with Crippen LogP contribution in [0.15, 0.2) is 40.9 Å². The Bertz CT molecular complexity index is 651. The Morgan fingerprint density at radius 2 is 1.95 bits per heavy atom. The summed E-state index contributed by atoms with van der Waals surface area (Å²) in [6.07, 6.45) is 0.0213. The van der Waals surface area contributed by atoms with Crippen LogP contribution in [0.25, 0.3) is 0 Å². The van der Waals surface area contributed by atoms with Gasteiger partial charge in [-0.05, 0) is 48.7 Å². The third-order valence-electron chi connectivity index (χ3n) is 4.03. The molecular weight excluding hydrogens is 316 g/mol. The lowest BCUT2D eigenvalue weighted by molar-refractivity contribution is 0.0653. The Morgan fingerprint density at radius 1 is 1.15 bits per heavy atom. The third-order valence-corrected chi connectivity index (χ3v) is 4.52. The monoisotopic (exact) mass is 332 g/mol. The number of benzene rings is 2. The van der Waals surface area contributed by atoms with E-state index in [1.54, 1.807) is 0 Å². The van der Waals surface area contributed by atoms with Crippen molar-refractivity contribution >= 4 is 15.9 Å². The van der Waals surface area contributed by atoms with Crippen molar-refractivity contribution in [3.63, 3.8) is 0 Å². The molecule has 0 saturated carbocycles. The van der Waals surface area contributed by atoms with E-state index in [0.717, 1.165) is 21.3 Å². The zero-order valence-electron chi connectivity index (χ0n) is 11.6. The van der Waals surface area contributed by atoms with E-state index >= 15 is 0 Å². The molecule has 2 aromatic carbocycles. The van der Waals surface area contributed by atoms with Gasteiger partial charge < -0.3 is 9.84 Å². The van der Waals surface area contributed by atoms with Crippen LogP contribution in [0.1, 0.15) is 40.9 Å². The number of hydrogen-bond donors (Lipinski definition) is 1. The van der Waals surface area contributed by atoms with Gasteiger partial charge in [-0.3, -0.25) is 0 Å². The van der Waals surface area contributed by atoms with Gasteiger partial charge in [-0.1, -0.05) is 34.1 Å². The second kappa shape index (κ2) is 5.23. The highest BCUT2D eigenvalue weighted by Gasteiger charge is 2.29. The number of rotatable bonds is 1. The minimum absolute atomic E-state index is 0.0847. The first-order valence-electron chi connectivity index (χ1n) is 6.76. The number of aliphatic hydroxyl groups excluding tert-OH is 1. The Morgan fingerprint density at radius 3 is 2.75 bits per heavy atom. The molecule has 3 heteroatoms. The highest BCUT2D eigenvalue weighted by atomic mass is 79.9. The van der Waals surface area contributed by atoms with Crippen molar-refractivity contribution in [2.45, 2.75) is 32.5 Å². The molecule has 20 heavy (non-hydrogen) atoms. The van der Waals surface area contributed by atoms with Gasteiger partial charge in [0, 0.05) is 16.5 Å². The first kappa shape index (κ1) is 13.7. The van der Waals surface area contributed by atoms with Gasteiger partial charge in [0.1, 0.15) is 11.9 Å². The van der Waals surface area contributed by atoms with Crippen molar-refractivity contribution in [3.05, 3.63) is 63.1 Å². The van der Waals surface area contributed by atoms with E-state index in [2.05, 4.69) is 41.9 Å². The summed E-state index contributed by atoms with van der Waals surface area (Å²) in [5.74, 6) is 0.776. The number of fused-ring (bicyclic) bond motifs is 1. The highest BCUT2D eigenvalue weighted by Crippen LogP contribution is 2.42. The SMILES string of the molecule is Cc1cccc(C2C[C@H](O)c3cc(Br)ccc3O2)c1C. The Labute approximate surface area is 127 Å². The zero-order valence-corrected chi connectivity index (χ0v) is 13.1. The summed E-state index contributed by atoms with van der Waals surface area (Å²) in [6, 6.07) is 12.0. The molecule has 0 amide bonds. The van der Waals surface area contributed by atoms with Crippen LogP contribution in [0.4, 0.5) is 0 Å². The maximum atomic E-state index is 10.4. The normalized spacial score (nSPS) is 21.2. The van der Waals surface area contributed by atoms with Crippen molar-refractivity contribution < 1.29 is 9.84 Å². The van der Waals surface area contributed by atoms with Crippen LogP contribution in [-0.2, 0) is 0 Å². The first-order valence-corrected chi connectivity index (χ1v) is 7.56. The third kappa shape index (κ3) is 2.36. The van der Waals surface area contributed by atoms with Crippen LogP contribution in [0, 0.1) is 13.8 Å². The van der Waals surface area contributed by atoms with Gasteiger partial charge in [0.05, 0.1) is 6.10 Å². The summed E-state index contributed by atoms with van der Waals surface area (Å²) in [5, 5.41) is 10.4. The molecule has 2 nitrogen and oxygen atoms in total. The summed E-state index contributed by atoms with van der Waals surface area (Å²) >= 11 is 3.43. The molecule has 1 N–H and O–H groups in total. The maximum Gasteiger partial charge on any atom is 0.127 e. The summed E-state index contributed by atoms with van der Waals surface area (Å²) < 4.78 is 7.06. The van der Waals surface area contributed by atoms with Crippen LogP contribution >= 0.6 is 15.9 Å². The lowest BCUT2D eigenvalue weighted by atomic mass is 9.91. The second-order valence-corrected chi connectivity index (χ2v) is 6.24. The maximum absolute atomic E-state index is 10.4. The molecular formula is C17H17BrO2. The van der Waals surface area contributed by atoms with Crippen molar-refractivity contribution in [2.75, 3.05) is 0 Å². The van der Waals surface area contributed by atoms with Crippen molar-refractivity contribution in [1.29, 1.82) is 0 Å². The van der Waals surface area contributed by atoms with Crippen molar-refractivity contribution in [2.24, 2.45) is 0 Å². The van der Waals surface area contributed by atoms with E-state index < -0.39 is 6.10 Å². The average Bonchev–Trinajstić information content (AvgIpc) is 2.42. The molecule has 0 spiro atoms. The molecule has 0 bridgehead atoms. The summed E-state index contributed by atoms with van der Waals surface area (Å²) in [7, 11) is 0. The molecule has 0 fully saturated rings. The summed E-state index contributed by atoms with van der Waals surface area (Å²) in [5.41, 5.74) is 4.52. The van der Waals surface area contributed by atoms with Crippen LogP contribution in [0.5, 0.6) is 5.75 Å². The fourth-order valence-corrected chi connectivity index (χ4v) is 3.11. The molecule has 1 heterocycles. The standard InChI is InChI=1S/C17H17BrO2/c1-10-4-3-5-13(11(10)2)17-9-15(19)14-8-12(18)6-7-16(14)20-17/h3-8,15,17,19H,9H2,1-2H3/t15-,17?/m0/s1. The molecule has 0 aliphatic carbocycles. The zero-order chi connectivity index (χ0) is 14.3. The Balaban J connectivity index is 1.99. The smallest absolute Gasteiger partial charge is 0.127 e. The van der Waals surface area contributed by atoms with Gasteiger partial charge >= 0.3 is 0 Å². The average molecular weight is 333 g/mol. The molecule has 0 aromatic heterocycles. The molecule has 1 aliphatic rings. The molecule has 3 rings (SSSR count). The van der Waals surface area contributed by atoms with E-state index in [0.29, 0.717) is 6.42 Å². The van der Waals surface area contributed by atoms with Gasteiger partial charge in [-0.2, -0.15) is 0 Å². The summed E-state index contributed by atoms with van der Waals surface area (Å²) in [6.45, 7) is 4.21. The summed E-state index contributed by atoms with van der Waals surface area (Å²) in [4.78, 5) is 0. The van der Waals surface area contributed by atoms with E-state index in [9.17, 15) is 5.11 Å². The fourth-order valence-electron chi connectivity index (χ4n) is 2.73. The number of ether oxygens (including phenoxy) is 1. The highest BCUT2D eigenvalue weighted by molar-refractivity contribution is 9.10. The number of aliphatic hydroxyl groups is 1. The van der Waals surface area contributed by atoms with E-state index in [4.69, 9.17) is 4.74 Å². The largest absolute Gasteiger partial charge is 0.485 e. The van der Waals surface area contributed by atoms with E-state index in [1.165, 1.54) is 11.1 Å². The van der Waals surface area contributed by atoms with Crippen LogP contribution < -0.4 is 4.74 Å². The molecule has 1 unspecified atom stereocenters. The number of aryl methyl sites for hydroxylation is 1. The van der Waals surface area contributed by atoms with E-state index in [1.807, 2.05) is 24.3 Å². The molecule has 0 radical (unpaired) electrons. The minimum Gasteiger partial charge on any atom is -0.485 e. The quantitative estimate of drug-likeness (QED) is 0.825. The lowest BCUT2D eigenvalue weighted by Crippen LogP contribution is -2.20. The Kier molecular flexibility index (Phi) is 3.57. The lowest BCUT2D eigenvalue weighted by Gasteiger charge is -2.31. The number of hydrogen-bond acceptors (Lipinski definition) is 2. The molecule has 2 aromatic rings. The fraction of sp³-hybridized carbons (Fsp3) is 0.294. The Hall–Kier alpha value is -1.32. The first-order chi connectivity index (χ1) is 9.56. The van der Waals surface area contributed by atoms with Gasteiger partial charge in [-0.15, -0.1) is 0 Å². The predicted molar refractivity (Wildman–Crippen MR) is 83.0 cm³/mol. The van der Waals surface area contributed by atoms with Gasteiger partial charge in [0.15, 0.2) is 0 Å². The van der Waals surface area contributed by atoms with Crippen LogP contribution in [0.3, 0.4) is 0 Å². The van der Waals surface area contributed by atoms with E-state index in [-0.39, 0.29) is 6.10 Å². The minimum atomic E-state index is -0.485. The molecule has 1 aliphatic heterocycles. The van der Waals surface area contributed by atoms with Crippen LogP contribution in [-0.4, -0.2) is 5.11 Å². The van der Waals surface area contributed by atoms with Gasteiger partial charge in [0.25, 0.3) is 0 Å². The predicted octanol–water partition coefficient (Wildman–Crippen LogP) is 4.62. The number of halogens is 1. The molecule has 104 valence electrons. The molecule has 2 atom stereocenters. The van der Waals surface area contributed by atoms with Gasteiger partial charge in [-0.25, -0.2) is 0 Å². The second-order valence-electron chi connectivity index (χ2n) is 5.33. The molecule has 0 saturated heterocycles. The topological polar surface area (TPSA) is 29.5 Å². The van der Waals surface area contributed by atoms with Crippen molar-refractivity contribution in [3.8, 4) is 5.75 Å².